The normalized spacial score (nSPS) is 16.4. The van der Waals surface area contributed by atoms with Gasteiger partial charge in [-0.25, -0.2) is 0 Å². The Hall–Kier alpha value is -8.77. The molecule has 2 aromatic carbocycles. The van der Waals surface area contributed by atoms with Crippen LogP contribution in [0.5, 0.6) is 5.75 Å². The second-order valence-electron chi connectivity index (χ2n) is 20.3. The number of nitrogens with one attached hydrogen (secondary N) is 10. The Morgan fingerprint density at radius 2 is 0.964 bits per heavy atom. The summed E-state index contributed by atoms with van der Waals surface area (Å²) in [5, 5.41) is 83.0. The summed E-state index contributed by atoms with van der Waals surface area (Å²) in [6, 6.07) is -0.842. The van der Waals surface area contributed by atoms with E-state index >= 15 is 0 Å². The fourth-order valence-electron chi connectivity index (χ4n) is 8.45. The smallest absolute Gasteiger partial charge is 0.322 e. The molecule has 30 heteroatoms. The number of carbonyl (C=O) groups is 13. The predicted octanol–water partition coefficient (Wildman–Crippen LogP) is -4.58. The molecule has 456 valence electrons. The highest BCUT2D eigenvalue weighted by atomic mass is 16.4. The summed E-state index contributed by atoms with van der Waals surface area (Å²) >= 11 is 0. The second kappa shape index (κ2) is 33.9. The molecule has 1 heterocycles. The van der Waals surface area contributed by atoms with Crippen LogP contribution in [0.3, 0.4) is 0 Å². The third-order valence-corrected chi connectivity index (χ3v) is 12.8. The molecule has 0 spiro atoms. The minimum Gasteiger partial charge on any atom is -0.508 e. The average molecular weight is 1170 g/mol. The van der Waals surface area contributed by atoms with Crippen LogP contribution in [0.2, 0.25) is 0 Å². The fraction of sp³-hybridized carbons (Fsp3) is 0.528. The van der Waals surface area contributed by atoms with Gasteiger partial charge in [-0.1, -0.05) is 56.3 Å². The SMILES string of the molecule is CC(C)C[C@H](NC(=O)[C@H](CC(N)=O)NC(=O)[C@H](CCC(=O)O)NC(=O)[C@@H](NC(=O)[C@@H](NC(=O)[C@@H]1CCCN1)[C@@H](C)O)[C@@H](C)O)C(=O)N[C@@H](Cc1ccc(O)cc1)C(=O)N[C@@H](Cc1ccccc1)C(=O)N[C@@H](CCC(=O)O)C(=O)NCC(=O)O. The summed E-state index contributed by atoms with van der Waals surface area (Å²) in [5.74, 6) is -15.6. The van der Waals surface area contributed by atoms with Gasteiger partial charge in [-0.15, -0.1) is 0 Å². The van der Waals surface area contributed by atoms with E-state index in [0.717, 1.165) is 6.92 Å². The van der Waals surface area contributed by atoms with E-state index in [9.17, 15) is 87.9 Å². The highest BCUT2D eigenvalue weighted by Gasteiger charge is 2.38. The molecule has 10 amide bonds. The number of carbonyl (C=O) groups excluding carboxylic acids is 10. The number of primary amides is 1. The zero-order valence-electron chi connectivity index (χ0n) is 46.2. The zero-order valence-corrected chi connectivity index (χ0v) is 46.2. The lowest BCUT2D eigenvalue weighted by Crippen LogP contribution is -2.63. The van der Waals surface area contributed by atoms with E-state index in [-0.39, 0.29) is 25.0 Å². The molecule has 1 fully saturated rings. The maximum absolute atomic E-state index is 14.5. The first-order valence-corrected chi connectivity index (χ1v) is 26.6. The topological polar surface area (TPSA) is 490 Å². The Morgan fingerprint density at radius 1 is 0.530 bits per heavy atom. The molecule has 1 aliphatic heterocycles. The number of nitrogens with two attached hydrogens (primary N) is 1. The molecule has 1 aliphatic rings. The standard InChI is InChI=1S/C53H75N11O19/c1-26(2)21-35(59-51(81)38(24-39(54)68)62-47(77)34(17-19-41(71)72)58-52(82)43(27(3)65)64-53(83)44(28(4)66)63-46(76)32-11-8-20-55-32)48(78)60-37(23-30-12-14-31(67)15-13-30)50(80)61-36(22-29-9-6-5-7-10-29)49(79)57-33(16-18-40(69)70)45(75)56-25-42(73)74/h5-7,9-10,12-15,26-28,32-38,43-44,55,65-67H,8,11,16-25H2,1-4H3,(H2,54,68)(H,56,75)(H,57,79)(H,58,82)(H,59,81)(H,60,78)(H,61,80)(H,62,77)(H,63,76)(H,64,83)(H,69,70)(H,71,72)(H,73,74)/t27-,28-,32+,33+,34+,35+,36+,37+,38+,43+,44+/m1/s1. The molecule has 2 aromatic rings. The van der Waals surface area contributed by atoms with E-state index in [0.29, 0.717) is 30.5 Å². The highest BCUT2D eigenvalue weighted by Crippen LogP contribution is 2.15. The monoisotopic (exact) mass is 1170 g/mol. The quantitative estimate of drug-likeness (QED) is 0.0309. The van der Waals surface area contributed by atoms with Gasteiger partial charge in [-0.2, -0.15) is 0 Å². The molecule has 0 bridgehead atoms. The van der Waals surface area contributed by atoms with Crippen molar-refractivity contribution in [2.24, 2.45) is 11.7 Å². The first-order chi connectivity index (χ1) is 39.0. The van der Waals surface area contributed by atoms with Crippen molar-refractivity contribution in [1.29, 1.82) is 0 Å². The molecule has 0 aliphatic carbocycles. The number of aliphatic hydroxyl groups excluding tert-OH is 2. The number of carboxylic acid groups (broad SMARTS) is 3. The fourth-order valence-corrected chi connectivity index (χ4v) is 8.45. The Bertz CT molecular complexity index is 2620. The molecule has 11 atom stereocenters. The van der Waals surface area contributed by atoms with Crippen molar-refractivity contribution in [2.75, 3.05) is 13.1 Å². The lowest BCUT2D eigenvalue weighted by molar-refractivity contribution is -0.140. The van der Waals surface area contributed by atoms with Crippen LogP contribution < -0.4 is 58.9 Å². The van der Waals surface area contributed by atoms with Crippen molar-refractivity contribution in [3.63, 3.8) is 0 Å². The van der Waals surface area contributed by atoms with Gasteiger partial charge in [0.15, 0.2) is 0 Å². The van der Waals surface area contributed by atoms with Crippen LogP contribution in [-0.4, -0.2) is 187 Å². The van der Waals surface area contributed by atoms with Crippen LogP contribution in [0.4, 0.5) is 0 Å². The Kier molecular flexibility index (Phi) is 27.9. The van der Waals surface area contributed by atoms with Crippen LogP contribution >= 0.6 is 0 Å². The van der Waals surface area contributed by atoms with E-state index in [4.69, 9.17) is 10.8 Å². The Balaban J connectivity index is 1.95. The van der Waals surface area contributed by atoms with E-state index < -0.39 is 188 Å². The Labute approximate surface area is 476 Å². The van der Waals surface area contributed by atoms with Gasteiger partial charge in [0, 0.05) is 25.7 Å². The number of aliphatic hydroxyl groups is 2. The zero-order chi connectivity index (χ0) is 62.1. The van der Waals surface area contributed by atoms with Crippen molar-refractivity contribution in [3.05, 3.63) is 65.7 Å². The minimum absolute atomic E-state index is 0.161. The molecule has 0 unspecified atom stereocenters. The summed E-state index contributed by atoms with van der Waals surface area (Å²) in [5.41, 5.74) is 6.31. The van der Waals surface area contributed by atoms with Gasteiger partial charge in [0.2, 0.25) is 59.1 Å². The minimum atomic E-state index is -1.94. The lowest BCUT2D eigenvalue weighted by Gasteiger charge is -2.29. The molecule has 3 rings (SSSR count). The number of carboxylic acids is 3. The van der Waals surface area contributed by atoms with Crippen molar-refractivity contribution in [2.45, 2.75) is 158 Å². The molecule has 1 saturated heterocycles. The summed E-state index contributed by atoms with van der Waals surface area (Å²) in [6.07, 6.45) is -6.42. The number of phenolic OH excluding ortho intramolecular Hbond substituents is 1. The lowest BCUT2D eigenvalue weighted by atomic mass is 9.99. The van der Waals surface area contributed by atoms with Crippen LogP contribution in [-0.2, 0) is 75.2 Å². The molecule has 0 aromatic heterocycles. The number of amides is 10. The van der Waals surface area contributed by atoms with Crippen LogP contribution in [0, 0.1) is 5.92 Å². The summed E-state index contributed by atoms with van der Waals surface area (Å²) in [6.45, 7) is 5.23. The van der Waals surface area contributed by atoms with Gasteiger partial charge < -0.3 is 89.5 Å². The molecular formula is C53H75N11O19. The van der Waals surface area contributed by atoms with Gasteiger partial charge in [-0.05, 0) is 81.7 Å². The second-order valence-corrected chi connectivity index (χ2v) is 20.3. The first kappa shape index (κ1) is 68.5. The maximum atomic E-state index is 14.5. The van der Waals surface area contributed by atoms with Crippen LogP contribution in [0.15, 0.2) is 54.6 Å². The Morgan fingerprint density at radius 3 is 1.45 bits per heavy atom. The molecule has 0 radical (unpaired) electrons. The van der Waals surface area contributed by atoms with E-state index in [2.05, 4.69) is 53.2 Å². The number of hydrogen-bond donors (Lipinski definition) is 17. The van der Waals surface area contributed by atoms with Crippen LogP contribution in [0.25, 0.3) is 0 Å². The maximum Gasteiger partial charge on any atom is 0.322 e. The molecule has 30 nitrogen and oxygen atoms in total. The molecule has 83 heavy (non-hydrogen) atoms. The summed E-state index contributed by atoms with van der Waals surface area (Å²) < 4.78 is 0. The van der Waals surface area contributed by atoms with Crippen molar-refractivity contribution in [3.8, 4) is 5.75 Å². The third kappa shape index (κ3) is 24.5. The third-order valence-electron chi connectivity index (χ3n) is 12.8. The number of rotatable bonds is 35. The van der Waals surface area contributed by atoms with Crippen LogP contribution in [0.1, 0.15) is 90.2 Å². The average Bonchev–Trinajstić information content (AvgIpc) is 4.12. The predicted molar refractivity (Wildman–Crippen MR) is 289 cm³/mol. The van der Waals surface area contributed by atoms with Gasteiger partial charge in [0.1, 0.15) is 60.6 Å². The van der Waals surface area contributed by atoms with E-state index in [1.807, 2.05) is 0 Å². The number of benzene rings is 2. The van der Waals surface area contributed by atoms with Gasteiger partial charge in [0.05, 0.1) is 24.7 Å². The van der Waals surface area contributed by atoms with Gasteiger partial charge in [0.25, 0.3) is 0 Å². The molecule has 0 saturated carbocycles. The van der Waals surface area contributed by atoms with Crippen molar-refractivity contribution in [1.82, 2.24) is 53.2 Å². The van der Waals surface area contributed by atoms with Crippen molar-refractivity contribution >= 4 is 77.0 Å². The van der Waals surface area contributed by atoms with E-state index in [1.54, 1.807) is 44.2 Å². The number of phenols is 1. The summed E-state index contributed by atoms with van der Waals surface area (Å²) in [7, 11) is 0. The first-order valence-electron chi connectivity index (χ1n) is 26.6. The van der Waals surface area contributed by atoms with Gasteiger partial charge >= 0.3 is 17.9 Å². The number of aromatic hydroxyl groups is 1. The summed E-state index contributed by atoms with van der Waals surface area (Å²) in [4.78, 5) is 171. The highest BCUT2D eigenvalue weighted by molar-refractivity contribution is 6.00. The molecule has 18 N–H and O–H groups in total. The number of hydrogen-bond acceptors (Lipinski definition) is 17. The molecular weight excluding hydrogens is 1090 g/mol. The van der Waals surface area contributed by atoms with Gasteiger partial charge in [-0.3, -0.25) is 62.3 Å². The van der Waals surface area contributed by atoms with E-state index in [1.165, 1.54) is 31.2 Å². The number of aliphatic carboxylic acids is 3. The largest absolute Gasteiger partial charge is 0.508 e. The van der Waals surface area contributed by atoms with Crippen molar-refractivity contribution < 1.29 is 93.0 Å².